The minimum absolute atomic E-state index is 0.0790. The molecular formula is C17H14N2O2. The third kappa shape index (κ3) is 1.43. The van der Waals surface area contributed by atoms with Crippen molar-refractivity contribution in [2.45, 2.75) is 18.4 Å². The highest BCUT2D eigenvalue weighted by Crippen LogP contribution is 2.44. The first-order chi connectivity index (χ1) is 10.4. The fourth-order valence-electron chi connectivity index (χ4n) is 3.37. The maximum atomic E-state index is 6.22. The normalized spacial score (nSPS) is 27.0. The van der Waals surface area contributed by atoms with Crippen molar-refractivity contribution in [3.05, 3.63) is 66.0 Å². The first-order valence-electron chi connectivity index (χ1n) is 7.20. The lowest BCUT2D eigenvalue weighted by atomic mass is 10.0. The van der Waals surface area contributed by atoms with Gasteiger partial charge in [0.15, 0.2) is 5.82 Å². The lowest BCUT2D eigenvalue weighted by molar-refractivity contribution is -0.162. The molecule has 0 saturated carbocycles. The third-order valence-electron chi connectivity index (χ3n) is 4.29. The molecule has 2 bridgehead atoms. The highest BCUT2D eigenvalue weighted by molar-refractivity contribution is 5.76. The summed E-state index contributed by atoms with van der Waals surface area (Å²) in [5, 5.41) is 0. The highest BCUT2D eigenvalue weighted by atomic mass is 16.7. The average Bonchev–Trinajstić information content (AvgIpc) is 3.10. The Bertz CT molecular complexity index is 827. The van der Waals surface area contributed by atoms with Gasteiger partial charge in [-0.25, -0.2) is 4.98 Å². The molecule has 3 heterocycles. The molecule has 2 aliphatic rings. The zero-order chi connectivity index (χ0) is 13.9. The summed E-state index contributed by atoms with van der Waals surface area (Å²) >= 11 is 0. The Hall–Kier alpha value is -2.17. The number of fused-ring (bicyclic) bond motifs is 6. The number of rotatable bonds is 1. The fraction of sp³-hybridized carbons (Fsp3) is 0.235. The van der Waals surface area contributed by atoms with Gasteiger partial charge in [0.25, 0.3) is 5.79 Å². The van der Waals surface area contributed by atoms with Crippen LogP contribution in [0.2, 0.25) is 0 Å². The molecule has 1 saturated heterocycles. The van der Waals surface area contributed by atoms with E-state index in [9.17, 15) is 0 Å². The number of nitrogens with zero attached hydrogens (tertiary/aromatic N) is 2. The molecule has 104 valence electrons. The van der Waals surface area contributed by atoms with Crippen molar-refractivity contribution < 1.29 is 9.47 Å². The standard InChI is InChI=1S/C17H14N2O2/c1-2-6-12(7-3-1)17-16-18-14-8-4-5-9-15(14)19(16)10-13(21-17)11-20-17/h1-9,13H,10-11H2/t13?,17-/m1/s1. The molecule has 0 N–H and O–H groups in total. The van der Waals surface area contributed by atoms with Crippen molar-refractivity contribution in [2.75, 3.05) is 6.61 Å². The molecule has 5 rings (SSSR count). The number of para-hydroxylation sites is 2. The van der Waals surface area contributed by atoms with Gasteiger partial charge in [0.05, 0.1) is 24.2 Å². The van der Waals surface area contributed by atoms with Crippen LogP contribution in [0.5, 0.6) is 0 Å². The summed E-state index contributed by atoms with van der Waals surface area (Å²) in [6.45, 7) is 1.40. The highest BCUT2D eigenvalue weighted by Gasteiger charge is 2.52. The molecule has 1 fully saturated rings. The summed E-state index contributed by atoms with van der Waals surface area (Å²) < 4.78 is 14.6. The first-order valence-corrected chi connectivity index (χ1v) is 7.20. The van der Waals surface area contributed by atoms with E-state index in [4.69, 9.17) is 14.5 Å². The summed E-state index contributed by atoms with van der Waals surface area (Å²) in [6, 6.07) is 18.3. The monoisotopic (exact) mass is 278 g/mol. The zero-order valence-corrected chi connectivity index (χ0v) is 11.4. The van der Waals surface area contributed by atoms with Crippen molar-refractivity contribution in [3.63, 3.8) is 0 Å². The molecule has 4 nitrogen and oxygen atoms in total. The number of benzene rings is 2. The number of ether oxygens (including phenoxy) is 2. The molecule has 2 aromatic carbocycles. The number of hydrogen-bond donors (Lipinski definition) is 0. The van der Waals surface area contributed by atoms with Crippen LogP contribution in [0.3, 0.4) is 0 Å². The van der Waals surface area contributed by atoms with Gasteiger partial charge in [-0.05, 0) is 12.1 Å². The van der Waals surface area contributed by atoms with E-state index in [0.29, 0.717) is 6.61 Å². The van der Waals surface area contributed by atoms with Crippen LogP contribution in [0.1, 0.15) is 11.4 Å². The topological polar surface area (TPSA) is 36.3 Å². The number of hydrogen-bond acceptors (Lipinski definition) is 3. The Morgan fingerprint density at radius 3 is 2.76 bits per heavy atom. The molecule has 0 spiro atoms. The second kappa shape index (κ2) is 3.93. The zero-order valence-electron chi connectivity index (χ0n) is 11.4. The van der Waals surface area contributed by atoms with E-state index in [0.717, 1.165) is 29.0 Å². The third-order valence-corrected chi connectivity index (χ3v) is 4.29. The van der Waals surface area contributed by atoms with Crippen molar-refractivity contribution in [2.24, 2.45) is 0 Å². The molecule has 0 radical (unpaired) electrons. The molecule has 21 heavy (non-hydrogen) atoms. The Kier molecular flexibility index (Phi) is 2.15. The molecule has 3 aromatic rings. The molecular weight excluding hydrogens is 264 g/mol. The summed E-state index contributed by atoms with van der Waals surface area (Å²) in [7, 11) is 0. The average molecular weight is 278 g/mol. The van der Waals surface area contributed by atoms with Crippen LogP contribution in [0, 0.1) is 0 Å². The van der Waals surface area contributed by atoms with Gasteiger partial charge in [-0.2, -0.15) is 0 Å². The van der Waals surface area contributed by atoms with Gasteiger partial charge >= 0.3 is 0 Å². The van der Waals surface area contributed by atoms with Crippen LogP contribution in [0.25, 0.3) is 11.0 Å². The quantitative estimate of drug-likeness (QED) is 0.686. The Morgan fingerprint density at radius 2 is 1.86 bits per heavy atom. The molecule has 0 aliphatic carbocycles. The predicted molar refractivity (Wildman–Crippen MR) is 77.8 cm³/mol. The van der Waals surface area contributed by atoms with E-state index in [1.54, 1.807) is 0 Å². The molecule has 0 amide bonds. The van der Waals surface area contributed by atoms with Gasteiger partial charge in [0.2, 0.25) is 0 Å². The van der Waals surface area contributed by atoms with Crippen LogP contribution in [0.15, 0.2) is 54.6 Å². The van der Waals surface area contributed by atoms with Gasteiger partial charge in [-0.1, -0.05) is 42.5 Å². The van der Waals surface area contributed by atoms with Gasteiger partial charge in [0.1, 0.15) is 6.10 Å². The Balaban J connectivity index is 1.82. The van der Waals surface area contributed by atoms with E-state index in [-0.39, 0.29) is 6.10 Å². The first kappa shape index (κ1) is 11.5. The lowest BCUT2D eigenvalue weighted by Gasteiger charge is -2.32. The summed E-state index contributed by atoms with van der Waals surface area (Å²) in [6.07, 6.45) is 0.0790. The number of aromatic nitrogens is 2. The van der Waals surface area contributed by atoms with Crippen LogP contribution in [-0.4, -0.2) is 22.3 Å². The molecule has 1 unspecified atom stereocenters. The van der Waals surface area contributed by atoms with Crippen LogP contribution >= 0.6 is 0 Å². The molecule has 2 aliphatic heterocycles. The SMILES string of the molecule is c1ccc([C@]23OCC(Cn4c2nc2ccccc24)O3)cc1. The molecule has 2 atom stereocenters. The van der Waals surface area contributed by atoms with Crippen molar-refractivity contribution in [1.82, 2.24) is 9.55 Å². The maximum absolute atomic E-state index is 6.22. The fourth-order valence-corrected chi connectivity index (χ4v) is 3.37. The lowest BCUT2D eigenvalue weighted by Crippen LogP contribution is -2.38. The van der Waals surface area contributed by atoms with Crippen molar-refractivity contribution in [1.29, 1.82) is 0 Å². The maximum Gasteiger partial charge on any atom is 0.256 e. The smallest absolute Gasteiger partial charge is 0.256 e. The van der Waals surface area contributed by atoms with Gasteiger partial charge < -0.3 is 14.0 Å². The van der Waals surface area contributed by atoms with Crippen LogP contribution in [0.4, 0.5) is 0 Å². The van der Waals surface area contributed by atoms with Crippen molar-refractivity contribution in [3.8, 4) is 0 Å². The summed E-state index contributed by atoms with van der Waals surface area (Å²) in [4.78, 5) is 4.79. The van der Waals surface area contributed by atoms with Crippen LogP contribution < -0.4 is 0 Å². The largest absolute Gasteiger partial charge is 0.337 e. The van der Waals surface area contributed by atoms with E-state index in [1.165, 1.54) is 0 Å². The molecule has 1 aromatic heterocycles. The van der Waals surface area contributed by atoms with Gasteiger partial charge in [0, 0.05) is 5.56 Å². The summed E-state index contributed by atoms with van der Waals surface area (Å²) in [5.41, 5.74) is 3.14. The predicted octanol–water partition coefficient (Wildman–Crippen LogP) is 2.67. The Labute approximate surface area is 121 Å². The van der Waals surface area contributed by atoms with Crippen LogP contribution in [-0.2, 0) is 21.8 Å². The van der Waals surface area contributed by atoms with Gasteiger partial charge in [-0.3, -0.25) is 0 Å². The number of imidazole rings is 1. The minimum Gasteiger partial charge on any atom is -0.337 e. The van der Waals surface area contributed by atoms with Gasteiger partial charge in [-0.15, -0.1) is 0 Å². The summed E-state index contributed by atoms with van der Waals surface area (Å²) in [5.74, 6) is -0.00734. The minimum atomic E-state index is -0.858. The van der Waals surface area contributed by atoms with Crippen molar-refractivity contribution >= 4 is 11.0 Å². The van der Waals surface area contributed by atoms with E-state index in [2.05, 4.69) is 10.6 Å². The van der Waals surface area contributed by atoms with E-state index in [1.807, 2.05) is 48.5 Å². The second-order valence-corrected chi connectivity index (χ2v) is 5.57. The molecule has 4 heteroatoms. The Morgan fingerprint density at radius 1 is 1.05 bits per heavy atom. The van der Waals surface area contributed by atoms with E-state index < -0.39 is 5.79 Å². The second-order valence-electron chi connectivity index (χ2n) is 5.57. The van der Waals surface area contributed by atoms with E-state index >= 15 is 0 Å².